The van der Waals surface area contributed by atoms with Crippen molar-refractivity contribution in [3.05, 3.63) is 35.8 Å². The zero-order valence-corrected chi connectivity index (χ0v) is 5.69. The smallest absolute Gasteiger partial charge is 0.126 e. The molecule has 1 aromatic carbocycles. The number of hydrogen-bond donors (Lipinski definition) is 1. The minimum absolute atomic E-state index is 0.243. The van der Waals surface area contributed by atoms with Crippen molar-refractivity contribution < 1.29 is 8.50 Å². The number of aryl methyl sites for hydroxylation is 1. The maximum atomic E-state index is 13.3. The fraction of sp³-hybridized carbons (Fsp3) is 0.111. The van der Waals surface area contributed by atoms with Gasteiger partial charge in [0.25, 0.3) is 0 Å². The van der Waals surface area contributed by atoms with Crippen LogP contribution in [0.5, 0.6) is 0 Å². The number of aromatic amines is 1. The van der Waals surface area contributed by atoms with Crippen LogP contribution in [0, 0.1) is 12.7 Å². The lowest BCUT2D eigenvalue weighted by Gasteiger charge is -1.94. The van der Waals surface area contributed by atoms with Crippen LogP contribution in [0.1, 0.15) is 9.68 Å². The van der Waals surface area contributed by atoms with E-state index in [1.807, 2.05) is 0 Å². The van der Waals surface area contributed by atoms with Crippen LogP contribution < -0.4 is 0 Å². The molecule has 0 saturated heterocycles. The summed E-state index contributed by atoms with van der Waals surface area (Å²) in [4.78, 5) is 2.84. The summed E-state index contributed by atoms with van der Waals surface area (Å²) >= 11 is 0. The minimum Gasteiger partial charge on any atom is -0.361 e. The first-order chi connectivity index (χ1) is 6.48. The average molecular weight is 152 g/mol. The molecule has 2 rings (SSSR count). The summed E-state index contributed by atoms with van der Waals surface area (Å²) in [5, 5.41) is 0.676. The second kappa shape index (κ2) is 2.09. The molecule has 1 aromatic heterocycles. The van der Waals surface area contributed by atoms with Crippen LogP contribution >= 0.6 is 0 Å². The minimum atomic E-state index is -2.40. The summed E-state index contributed by atoms with van der Waals surface area (Å²) in [7, 11) is 0. The van der Waals surface area contributed by atoms with E-state index in [-0.39, 0.29) is 5.56 Å². The lowest BCUT2D eigenvalue weighted by molar-refractivity contribution is 0.620. The van der Waals surface area contributed by atoms with Crippen molar-refractivity contribution >= 4 is 10.9 Å². The zero-order valence-electron chi connectivity index (χ0n) is 8.69. The molecule has 0 saturated carbocycles. The molecule has 0 unspecified atom stereocenters. The Morgan fingerprint density at radius 1 is 1.55 bits per heavy atom. The highest BCUT2D eigenvalue weighted by Crippen LogP contribution is 2.16. The molecule has 0 bridgehead atoms. The van der Waals surface area contributed by atoms with Crippen molar-refractivity contribution in [1.29, 1.82) is 0 Å². The van der Waals surface area contributed by atoms with E-state index in [0.717, 1.165) is 0 Å². The third kappa shape index (κ3) is 0.909. The number of H-pyrrole nitrogens is 1. The molecule has 1 N–H and O–H groups in total. The van der Waals surface area contributed by atoms with Gasteiger partial charge in [-0.3, -0.25) is 0 Å². The van der Waals surface area contributed by atoms with E-state index in [9.17, 15) is 4.39 Å². The van der Waals surface area contributed by atoms with Crippen LogP contribution in [0.25, 0.3) is 10.9 Å². The number of hydrogen-bond acceptors (Lipinski definition) is 0. The number of rotatable bonds is 0. The second-order valence-corrected chi connectivity index (χ2v) is 2.40. The van der Waals surface area contributed by atoms with Gasteiger partial charge in [0, 0.05) is 21.2 Å². The van der Waals surface area contributed by atoms with Crippen LogP contribution in [0.3, 0.4) is 0 Å². The van der Waals surface area contributed by atoms with Crippen LogP contribution in [0.2, 0.25) is 0 Å². The molecule has 0 aliphatic rings. The summed E-state index contributed by atoms with van der Waals surface area (Å²) in [5.74, 6) is -0.683. The molecule has 0 fully saturated rings. The number of benzene rings is 1. The van der Waals surface area contributed by atoms with Gasteiger partial charge in [0.1, 0.15) is 5.82 Å². The fourth-order valence-electron chi connectivity index (χ4n) is 1.07. The number of nitrogens with one attached hydrogen (secondary N) is 1. The molecule has 11 heavy (non-hydrogen) atoms. The van der Waals surface area contributed by atoms with Gasteiger partial charge in [-0.1, -0.05) is 0 Å². The molecule has 0 aliphatic carbocycles. The average Bonchev–Trinajstić information content (AvgIpc) is 2.47. The largest absolute Gasteiger partial charge is 0.361 e. The van der Waals surface area contributed by atoms with Crippen molar-refractivity contribution in [2.45, 2.75) is 6.85 Å². The van der Waals surface area contributed by atoms with E-state index in [0.29, 0.717) is 10.9 Å². The third-order valence-corrected chi connectivity index (χ3v) is 1.64. The first-order valence-electron chi connectivity index (χ1n) is 4.75. The molecular formula is C9H8FN. The Hall–Kier alpha value is -1.31. The molecule has 1 nitrogen and oxygen atoms in total. The Bertz CT molecular complexity index is 472. The van der Waals surface area contributed by atoms with Crippen LogP contribution in [0.15, 0.2) is 24.4 Å². The molecule has 0 amide bonds. The van der Waals surface area contributed by atoms with Gasteiger partial charge in [0.05, 0.1) is 0 Å². The van der Waals surface area contributed by atoms with Gasteiger partial charge in [-0.15, -0.1) is 0 Å². The van der Waals surface area contributed by atoms with Crippen LogP contribution in [-0.2, 0) is 0 Å². The molecule has 0 spiro atoms. The Morgan fingerprint density at radius 2 is 2.45 bits per heavy atom. The van der Waals surface area contributed by atoms with Gasteiger partial charge in [-0.25, -0.2) is 4.39 Å². The van der Waals surface area contributed by atoms with E-state index < -0.39 is 12.7 Å². The first kappa shape index (κ1) is 3.90. The van der Waals surface area contributed by atoms with E-state index >= 15 is 0 Å². The monoisotopic (exact) mass is 152 g/mol. The topological polar surface area (TPSA) is 15.8 Å². The molecule has 56 valence electrons. The van der Waals surface area contributed by atoms with Gasteiger partial charge < -0.3 is 4.98 Å². The molecular weight excluding hydrogens is 141 g/mol. The standard InChI is InChI=1S/C9H8FN/c1-6-4-9-7(2-3-11-9)5-8(6)10/h2-5,11H,1H3/i1D3. The van der Waals surface area contributed by atoms with E-state index in [4.69, 9.17) is 4.11 Å². The first-order valence-corrected chi connectivity index (χ1v) is 3.25. The van der Waals surface area contributed by atoms with Crippen molar-refractivity contribution in [3.63, 3.8) is 0 Å². The van der Waals surface area contributed by atoms with Crippen LogP contribution in [0.4, 0.5) is 4.39 Å². The molecule has 0 aliphatic heterocycles. The van der Waals surface area contributed by atoms with Crippen molar-refractivity contribution in [3.8, 4) is 0 Å². The lowest BCUT2D eigenvalue weighted by Crippen LogP contribution is -1.80. The predicted octanol–water partition coefficient (Wildman–Crippen LogP) is 2.62. The van der Waals surface area contributed by atoms with Crippen LogP contribution in [-0.4, -0.2) is 4.98 Å². The highest BCUT2D eigenvalue weighted by Gasteiger charge is 1.99. The predicted molar refractivity (Wildman–Crippen MR) is 43.0 cm³/mol. The SMILES string of the molecule is [2H]C([2H])([2H])c1cc2[nH]ccc2cc1F. The summed E-state index contributed by atoms with van der Waals surface area (Å²) < 4.78 is 34.7. The Kier molecular flexibility index (Phi) is 0.741. The molecule has 0 atom stereocenters. The van der Waals surface area contributed by atoms with E-state index in [1.54, 1.807) is 12.3 Å². The second-order valence-electron chi connectivity index (χ2n) is 2.40. The third-order valence-electron chi connectivity index (χ3n) is 1.64. The van der Waals surface area contributed by atoms with Gasteiger partial charge in [-0.05, 0) is 30.6 Å². The number of aromatic nitrogens is 1. The van der Waals surface area contributed by atoms with Crippen molar-refractivity contribution in [2.75, 3.05) is 0 Å². The maximum Gasteiger partial charge on any atom is 0.126 e. The van der Waals surface area contributed by atoms with E-state index in [2.05, 4.69) is 4.98 Å². The maximum absolute atomic E-state index is 13.3. The zero-order chi connectivity index (χ0) is 10.3. The molecule has 2 aromatic rings. The Balaban J connectivity index is 2.71. The van der Waals surface area contributed by atoms with E-state index in [1.165, 1.54) is 12.1 Å². The van der Waals surface area contributed by atoms with Crippen molar-refractivity contribution in [2.24, 2.45) is 0 Å². The lowest BCUT2D eigenvalue weighted by atomic mass is 10.2. The van der Waals surface area contributed by atoms with Gasteiger partial charge >= 0.3 is 0 Å². The highest BCUT2D eigenvalue weighted by molar-refractivity contribution is 5.79. The fourth-order valence-corrected chi connectivity index (χ4v) is 1.07. The summed E-state index contributed by atoms with van der Waals surface area (Å²) in [6.45, 7) is -2.40. The number of fused-ring (bicyclic) bond motifs is 1. The Morgan fingerprint density at radius 3 is 3.27 bits per heavy atom. The molecule has 2 heteroatoms. The summed E-state index contributed by atoms with van der Waals surface area (Å²) in [6.07, 6.45) is 1.65. The van der Waals surface area contributed by atoms with Gasteiger partial charge in [-0.2, -0.15) is 0 Å². The van der Waals surface area contributed by atoms with Gasteiger partial charge in [0.15, 0.2) is 0 Å². The molecule has 0 radical (unpaired) electrons. The Labute approximate surface area is 68.1 Å². The molecule has 1 heterocycles. The summed E-state index contributed by atoms with van der Waals surface area (Å²) in [5.41, 5.74) is 0.393. The number of halogens is 1. The summed E-state index contributed by atoms with van der Waals surface area (Å²) in [6, 6.07) is 4.26. The van der Waals surface area contributed by atoms with Crippen molar-refractivity contribution in [1.82, 2.24) is 4.98 Å². The van der Waals surface area contributed by atoms with Gasteiger partial charge in [0.2, 0.25) is 0 Å². The normalized spacial score (nSPS) is 15.9. The quantitative estimate of drug-likeness (QED) is 0.597. The highest BCUT2D eigenvalue weighted by atomic mass is 19.1.